The summed E-state index contributed by atoms with van der Waals surface area (Å²) in [6.07, 6.45) is -1.46. The highest BCUT2D eigenvalue weighted by Crippen LogP contribution is 2.61. The minimum absolute atomic E-state index is 0.0238. The van der Waals surface area contributed by atoms with Crippen molar-refractivity contribution in [1.29, 1.82) is 0 Å². The second-order valence-corrected chi connectivity index (χ2v) is 16.9. The van der Waals surface area contributed by atoms with E-state index in [9.17, 15) is 24.1 Å². The first-order valence-corrected chi connectivity index (χ1v) is 19.3. The molecule has 1 aliphatic carbocycles. The van der Waals surface area contributed by atoms with Gasteiger partial charge in [0.1, 0.15) is 36.1 Å². The van der Waals surface area contributed by atoms with Crippen molar-refractivity contribution in [3.05, 3.63) is 35.3 Å². The van der Waals surface area contributed by atoms with Crippen molar-refractivity contribution >= 4 is 72.1 Å². The molecule has 2 bridgehead atoms. The van der Waals surface area contributed by atoms with Crippen LogP contribution >= 0.6 is 38.1 Å². The molecule has 6 heterocycles. The van der Waals surface area contributed by atoms with Gasteiger partial charge in [-0.2, -0.15) is 4.98 Å². The predicted molar refractivity (Wildman–Crippen MR) is 167 cm³/mol. The van der Waals surface area contributed by atoms with Gasteiger partial charge in [-0.1, -0.05) is 24.5 Å². The second kappa shape index (κ2) is 11.9. The van der Waals surface area contributed by atoms with E-state index >= 15 is 0 Å². The fourth-order valence-electron chi connectivity index (χ4n) is 6.30. The number of nitrogen functional groups attached to an aromatic ring is 2. The van der Waals surface area contributed by atoms with E-state index in [1.54, 1.807) is 16.8 Å². The maximum Gasteiger partial charge on any atom is 0.386 e. The van der Waals surface area contributed by atoms with Crippen molar-refractivity contribution in [3.8, 4) is 0 Å². The summed E-state index contributed by atoms with van der Waals surface area (Å²) in [6.45, 7) is -9.78. The van der Waals surface area contributed by atoms with Crippen LogP contribution in [0.4, 0.5) is 11.8 Å². The van der Waals surface area contributed by atoms with Crippen molar-refractivity contribution < 1.29 is 42.2 Å². The molecule has 4 aromatic rings. The Morgan fingerprint density at radius 1 is 1.04 bits per heavy atom. The molecule has 0 unspecified atom stereocenters. The fourth-order valence-corrected chi connectivity index (χ4v) is 9.37. The number of nitrogens with one attached hydrogen (secondary N) is 1. The van der Waals surface area contributed by atoms with Gasteiger partial charge in [0.05, 0.1) is 43.7 Å². The Kier molecular flexibility index (Phi) is 8.25. The van der Waals surface area contributed by atoms with Gasteiger partial charge in [0, 0.05) is 18.0 Å². The van der Waals surface area contributed by atoms with Crippen LogP contribution in [0.15, 0.2) is 29.7 Å². The minimum atomic E-state index is -4.25. The zero-order chi connectivity index (χ0) is 32.5. The van der Waals surface area contributed by atoms with E-state index in [4.69, 9.17) is 34.3 Å². The molecule has 19 nitrogen and oxygen atoms in total. The number of rotatable bonds is 3. The van der Waals surface area contributed by atoms with E-state index in [2.05, 4.69) is 49.4 Å². The molecule has 7 N–H and O–H groups in total. The highest BCUT2D eigenvalue weighted by Gasteiger charge is 2.52. The molecular formula is C23H29N9O10P2S2. The van der Waals surface area contributed by atoms with Gasteiger partial charge in [-0.05, 0) is 12.5 Å². The van der Waals surface area contributed by atoms with Gasteiger partial charge < -0.3 is 35.5 Å². The van der Waals surface area contributed by atoms with Gasteiger partial charge in [-0.25, -0.2) is 24.1 Å². The second-order valence-electron chi connectivity index (χ2n) is 11.1. The number of nitrogens with zero attached hydrogens (tertiary/aromatic N) is 6. The van der Waals surface area contributed by atoms with E-state index in [0.29, 0.717) is 11.0 Å². The predicted octanol–water partition coefficient (Wildman–Crippen LogP) is 1.05. The van der Waals surface area contributed by atoms with Gasteiger partial charge >= 0.3 is 13.6 Å². The number of aliphatic hydroxyl groups excluding tert-OH is 2. The number of ether oxygens (including phenoxy) is 1. The smallest absolute Gasteiger partial charge is 0.386 e. The monoisotopic (exact) mass is 717 g/mol. The van der Waals surface area contributed by atoms with Crippen LogP contribution in [0, 0.1) is 11.8 Å². The summed E-state index contributed by atoms with van der Waals surface area (Å²) in [7, 11) is 0. The molecule has 0 aromatic carbocycles. The molecule has 23 heteroatoms. The number of hydrogen-bond acceptors (Lipinski definition) is 16. The highest BCUT2D eigenvalue weighted by atomic mass is 32.7. The van der Waals surface area contributed by atoms with Crippen molar-refractivity contribution in [2.45, 2.75) is 43.1 Å². The Labute approximate surface area is 269 Å². The lowest BCUT2D eigenvalue weighted by molar-refractivity contribution is -0.0501. The number of thiol groups is 2. The lowest BCUT2D eigenvalue weighted by Gasteiger charge is -2.28. The van der Waals surface area contributed by atoms with Gasteiger partial charge in [-0.15, -0.1) is 0 Å². The molecule has 2 aliphatic heterocycles. The number of hydrogen-bond donors (Lipinski definition) is 7. The number of H-pyrrole nitrogens is 1. The highest BCUT2D eigenvalue weighted by molar-refractivity contribution is 8.44. The summed E-state index contributed by atoms with van der Waals surface area (Å²) >= 11 is 8.37. The van der Waals surface area contributed by atoms with Gasteiger partial charge in [0.2, 0.25) is 5.95 Å². The van der Waals surface area contributed by atoms with Crippen LogP contribution in [0.5, 0.6) is 0 Å². The largest absolute Gasteiger partial charge is 0.396 e. The number of anilines is 2. The van der Waals surface area contributed by atoms with Crippen LogP contribution in [0.1, 0.15) is 18.7 Å². The summed E-state index contributed by atoms with van der Waals surface area (Å²) in [4.78, 5) is 31.3. The number of aliphatic hydroxyl groups is 2. The number of aromatic amines is 1. The Bertz CT molecular complexity index is 1960. The van der Waals surface area contributed by atoms with Gasteiger partial charge in [0.15, 0.2) is 17.4 Å². The molecule has 10 atom stereocenters. The summed E-state index contributed by atoms with van der Waals surface area (Å²) in [5.74, 6) is -1.58. The zero-order valence-corrected chi connectivity index (χ0v) is 27.1. The van der Waals surface area contributed by atoms with Crippen molar-refractivity contribution in [3.63, 3.8) is 0 Å². The topological polar surface area (TPSA) is 267 Å². The first kappa shape index (κ1) is 32.0. The molecule has 248 valence electrons. The zero-order valence-electron chi connectivity index (χ0n) is 23.5. The summed E-state index contributed by atoms with van der Waals surface area (Å²) in [5, 5.41) is 22.4. The van der Waals surface area contributed by atoms with Crippen molar-refractivity contribution in [2.75, 3.05) is 31.3 Å². The van der Waals surface area contributed by atoms with E-state index in [0.717, 1.165) is 0 Å². The SMILES string of the molecule is Nc1nc2c(ncn2[C@@H]2O[C@@H]3CO[P@@](=O)(S)O[C@@H]4[C@@H](CO[P@](=O)(S)O[C@@H]2[C@@H]3CO)C[C@@H](n2ccc3c(N)ncnc32)[C@@H]4O)c(=O)[nH]1. The standard InChI is InChI=1S/C23H29N9O10P2S2/c24-18-10-1-2-31(19(10)27-7-26-18)12-3-9-5-38-43(36,45)42-17-11(4-33)13(6-39-44(37,46)41-16(9)15(12)34)40-22(17)32-8-28-14-20(32)29-23(25)30-21(14)35/h1-2,7-9,11-13,15-17,22,33-34H,3-6H2,(H,36,45)(H,37,46)(H2,24,26,27)(H3,25,29,30,35)/t9-,11-,12-,13-,15+,16-,17-,22-,43+,44-/m1/s1. The molecule has 4 aromatic heterocycles. The maximum absolute atomic E-state index is 13.7. The van der Waals surface area contributed by atoms with Crippen molar-refractivity contribution in [2.24, 2.45) is 11.8 Å². The molecule has 7 rings (SSSR count). The normalized spacial score (nSPS) is 37.1. The van der Waals surface area contributed by atoms with Crippen LogP contribution in [0.25, 0.3) is 22.2 Å². The summed E-state index contributed by atoms with van der Waals surface area (Å²) in [6, 6.07) is 1.05. The van der Waals surface area contributed by atoms with Crippen molar-refractivity contribution in [1.82, 2.24) is 34.1 Å². The first-order valence-electron chi connectivity index (χ1n) is 13.9. The average molecular weight is 718 g/mol. The molecule has 0 spiro atoms. The number of imidazole rings is 1. The summed E-state index contributed by atoms with van der Waals surface area (Å²) < 4.78 is 59.6. The van der Waals surface area contributed by atoms with E-state index in [1.807, 2.05) is 0 Å². The van der Waals surface area contributed by atoms with Crippen LogP contribution < -0.4 is 17.0 Å². The molecule has 0 radical (unpaired) electrons. The molecule has 3 fully saturated rings. The van der Waals surface area contributed by atoms with Crippen LogP contribution in [-0.4, -0.2) is 88.5 Å². The van der Waals surface area contributed by atoms with Gasteiger partial charge in [0.25, 0.3) is 5.56 Å². The summed E-state index contributed by atoms with van der Waals surface area (Å²) in [5.41, 5.74) is 11.6. The van der Waals surface area contributed by atoms with Crippen LogP contribution in [0.2, 0.25) is 0 Å². The average Bonchev–Trinajstić information content (AvgIpc) is 3.75. The third kappa shape index (κ3) is 5.66. The van der Waals surface area contributed by atoms with E-state index in [-0.39, 0.29) is 36.0 Å². The van der Waals surface area contributed by atoms with Crippen LogP contribution in [0.3, 0.4) is 0 Å². The quantitative estimate of drug-likeness (QED) is 0.115. The minimum Gasteiger partial charge on any atom is -0.396 e. The maximum atomic E-state index is 13.7. The lowest BCUT2D eigenvalue weighted by atomic mass is 9.99. The lowest BCUT2D eigenvalue weighted by Crippen LogP contribution is -2.33. The molecule has 3 aliphatic rings. The number of fused-ring (bicyclic) bond motifs is 5. The third-order valence-electron chi connectivity index (χ3n) is 8.43. The first-order chi connectivity index (χ1) is 21.9. The molecular weight excluding hydrogens is 688 g/mol. The Hall–Kier alpha value is -2.55. The third-order valence-corrected chi connectivity index (χ3v) is 11.7. The molecule has 1 saturated carbocycles. The molecule has 2 saturated heterocycles. The number of aromatic nitrogens is 7. The number of nitrogens with two attached hydrogens (primary N) is 2. The van der Waals surface area contributed by atoms with Gasteiger partial charge in [-0.3, -0.25) is 27.9 Å². The van der Waals surface area contributed by atoms with E-state index < -0.39 is 80.9 Å². The fraction of sp³-hybridized carbons (Fsp3) is 0.522. The Morgan fingerprint density at radius 3 is 2.54 bits per heavy atom. The van der Waals surface area contributed by atoms with Crippen LogP contribution in [-0.2, 0) is 32.0 Å². The Balaban J connectivity index is 1.22. The molecule has 0 amide bonds. The Morgan fingerprint density at radius 2 is 1.78 bits per heavy atom. The molecule has 46 heavy (non-hydrogen) atoms. The van der Waals surface area contributed by atoms with E-state index in [1.165, 1.54) is 17.2 Å².